The fourth-order valence-electron chi connectivity index (χ4n) is 1.23. The minimum absolute atomic E-state index is 0.158. The SMILES string of the molecule is C[C@H]1CC(CO)OC1[Se][Ba]. The van der Waals surface area contributed by atoms with Crippen molar-refractivity contribution in [3.8, 4) is 0 Å². The van der Waals surface area contributed by atoms with E-state index in [1.54, 1.807) is 0 Å². The zero-order valence-electron chi connectivity index (χ0n) is 6.12. The second-order valence-corrected chi connectivity index (χ2v) is 9.80. The van der Waals surface area contributed by atoms with Gasteiger partial charge in [0.1, 0.15) is 0 Å². The molecule has 0 aromatic heterocycles. The van der Waals surface area contributed by atoms with Crippen molar-refractivity contribution in [3.63, 3.8) is 0 Å². The summed E-state index contributed by atoms with van der Waals surface area (Å²) in [6.45, 7) is 2.44. The number of rotatable bonds is 2. The minimum atomic E-state index is 0.158. The molecule has 4 heteroatoms. The predicted octanol–water partition coefficient (Wildman–Crippen LogP) is -0.483. The first-order valence-corrected chi connectivity index (χ1v) is 15.1. The van der Waals surface area contributed by atoms with Crippen LogP contribution in [0.3, 0.4) is 0 Å². The maximum atomic E-state index is 8.79. The van der Waals surface area contributed by atoms with E-state index in [0.29, 0.717) is 10.9 Å². The van der Waals surface area contributed by atoms with Crippen LogP contribution >= 0.6 is 0 Å². The van der Waals surface area contributed by atoms with Gasteiger partial charge in [0.15, 0.2) is 0 Å². The van der Waals surface area contributed by atoms with E-state index < -0.39 is 0 Å². The molecule has 0 spiro atoms. The molecule has 2 unspecified atom stereocenters. The quantitative estimate of drug-likeness (QED) is 0.693. The van der Waals surface area contributed by atoms with Crippen LogP contribution in [0.1, 0.15) is 13.3 Å². The standard InChI is InChI=1S/C6H12O2Se.Ba/c1-4-2-5(3-7)8-6(4)9;/h4-7,9H,2-3H2,1H3;/q;+1/p-1/t4-,5?,6?;/m0./s1. The summed E-state index contributed by atoms with van der Waals surface area (Å²) in [5.74, 6) is 0.703. The van der Waals surface area contributed by atoms with Gasteiger partial charge in [-0.3, -0.25) is 0 Å². The summed E-state index contributed by atoms with van der Waals surface area (Å²) in [7, 11) is 0. The molecule has 1 radical (unpaired) electrons. The molecule has 1 rings (SSSR count). The average Bonchev–Trinajstić information content (AvgIpc) is 2.30. The monoisotopic (exact) mass is 333 g/mol. The van der Waals surface area contributed by atoms with E-state index in [2.05, 4.69) is 6.92 Å². The van der Waals surface area contributed by atoms with E-state index >= 15 is 0 Å². The Bertz CT molecular complexity index is 112. The van der Waals surface area contributed by atoms with Crippen LogP contribution in [0, 0.1) is 5.92 Å². The van der Waals surface area contributed by atoms with Gasteiger partial charge in [0.05, 0.1) is 0 Å². The molecule has 2 nitrogen and oxygen atoms in total. The van der Waals surface area contributed by atoms with E-state index in [1.165, 1.54) is 0 Å². The van der Waals surface area contributed by atoms with Crippen molar-refractivity contribution in [2.24, 2.45) is 5.92 Å². The van der Waals surface area contributed by atoms with Gasteiger partial charge in [0.2, 0.25) is 0 Å². The summed E-state index contributed by atoms with van der Waals surface area (Å²) in [5, 5.41) is 9.33. The van der Waals surface area contributed by atoms with Gasteiger partial charge in [0.25, 0.3) is 0 Å². The Labute approximate surface area is 94.3 Å². The fourth-order valence-corrected chi connectivity index (χ4v) is 9.29. The first kappa shape index (κ1) is 10.1. The van der Waals surface area contributed by atoms with Gasteiger partial charge >= 0.3 is 96.1 Å². The van der Waals surface area contributed by atoms with Gasteiger partial charge in [-0.25, -0.2) is 0 Å². The van der Waals surface area contributed by atoms with Crippen molar-refractivity contribution in [2.75, 3.05) is 6.61 Å². The summed E-state index contributed by atoms with van der Waals surface area (Å²) in [4.78, 5) is 0. The molecule has 0 aliphatic carbocycles. The molecule has 10 heavy (non-hydrogen) atoms. The summed E-state index contributed by atoms with van der Waals surface area (Å²) in [5.41, 5.74) is 0. The molecular formula is C6H11BaO2Se. The molecule has 1 fully saturated rings. The molecule has 0 aromatic carbocycles. The van der Waals surface area contributed by atoms with Crippen molar-refractivity contribution in [3.05, 3.63) is 0 Å². The zero-order valence-corrected chi connectivity index (χ0v) is 12.3. The molecule has 1 aliphatic heterocycles. The first-order chi connectivity index (χ1) is 4.77. The third-order valence-electron chi connectivity index (χ3n) is 1.79. The van der Waals surface area contributed by atoms with Crippen molar-refractivity contribution < 1.29 is 9.84 Å². The molecule has 1 N–H and O–H groups in total. The van der Waals surface area contributed by atoms with Crippen molar-refractivity contribution in [1.82, 2.24) is 0 Å². The third kappa shape index (κ3) is 2.51. The second-order valence-electron chi connectivity index (χ2n) is 2.69. The Morgan fingerprint density at radius 3 is 2.80 bits per heavy atom. The van der Waals surface area contributed by atoms with Crippen LogP contribution in [0.15, 0.2) is 0 Å². The van der Waals surface area contributed by atoms with Gasteiger partial charge in [-0.15, -0.1) is 0 Å². The average molecular weight is 331 g/mol. The summed E-state index contributed by atoms with van der Waals surface area (Å²) >= 11 is 0.902. The Morgan fingerprint density at radius 2 is 2.50 bits per heavy atom. The first-order valence-electron chi connectivity index (χ1n) is 3.45. The van der Waals surface area contributed by atoms with E-state index in [-0.39, 0.29) is 12.7 Å². The van der Waals surface area contributed by atoms with Crippen LogP contribution in [-0.2, 0) is 4.74 Å². The molecule has 3 atom stereocenters. The molecule has 1 aliphatic rings. The number of aliphatic hydroxyl groups excluding tert-OH is 1. The van der Waals surface area contributed by atoms with Gasteiger partial charge in [-0.1, -0.05) is 0 Å². The van der Waals surface area contributed by atoms with Crippen LogP contribution in [0.4, 0.5) is 0 Å². The van der Waals surface area contributed by atoms with Gasteiger partial charge in [-0.05, 0) is 0 Å². The Balaban J connectivity index is 2.36. The van der Waals surface area contributed by atoms with Crippen LogP contribution < -0.4 is 0 Å². The second kappa shape index (κ2) is 4.90. The van der Waals surface area contributed by atoms with Crippen molar-refractivity contribution in [1.29, 1.82) is 0 Å². The number of aliphatic hydroxyl groups is 1. The molecule has 55 valence electrons. The number of ether oxygens (including phenoxy) is 1. The van der Waals surface area contributed by atoms with Crippen LogP contribution in [0.2, 0.25) is 0 Å². The Morgan fingerprint density at radius 1 is 1.80 bits per heavy atom. The number of hydrogen-bond donors (Lipinski definition) is 1. The fraction of sp³-hybridized carbons (Fsp3) is 1.00. The molecule has 0 saturated carbocycles. The van der Waals surface area contributed by atoms with E-state index in [0.717, 1.165) is 55.7 Å². The van der Waals surface area contributed by atoms with Crippen LogP contribution in [-0.4, -0.2) is 72.1 Å². The van der Waals surface area contributed by atoms with Crippen LogP contribution in [0.25, 0.3) is 0 Å². The zero-order chi connectivity index (χ0) is 7.56. The molecular weight excluding hydrogens is 320 g/mol. The van der Waals surface area contributed by atoms with Crippen molar-refractivity contribution >= 4 is 49.2 Å². The Kier molecular flexibility index (Phi) is 4.94. The Hall–Kier alpha value is 2.01. The molecule has 0 amide bonds. The van der Waals surface area contributed by atoms with Gasteiger partial charge in [0, 0.05) is 0 Å². The van der Waals surface area contributed by atoms with Crippen molar-refractivity contribution in [2.45, 2.75) is 24.5 Å². The van der Waals surface area contributed by atoms with Crippen LogP contribution in [0.5, 0.6) is 0 Å². The van der Waals surface area contributed by atoms with E-state index in [1.807, 2.05) is 0 Å². The van der Waals surface area contributed by atoms with E-state index in [9.17, 15) is 0 Å². The summed E-state index contributed by atoms with van der Waals surface area (Å²) < 4.78 is 5.60. The normalized spacial score (nSPS) is 40.3. The molecule has 0 aromatic rings. The van der Waals surface area contributed by atoms with E-state index in [4.69, 9.17) is 9.84 Å². The third-order valence-corrected chi connectivity index (χ3v) is 9.05. The topological polar surface area (TPSA) is 29.5 Å². The van der Waals surface area contributed by atoms with Gasteiger partial charge < -0.3 is 0 Å². The molecule has 1 saturated heterocycles. The summed E-state index contributed by atoms with van der Waals surface area (Å²) in [6.07, 6.45) is 1.99. The number of hydrogen-bond acceptors (Lipinski definition) is 2. The molecule has 0 bridgehead atoms. The molecule has 1 heterocycles. The maximum absolute atomic E-state index is 8.79. The summed E-state index contributed by atoms with van der Waals surface area (Å²) in [6, 6.07) is 0. The van der Waals surface area contributed by atoms with Gasteiger partial charge in [-0.2, -0.15) is 0 Å². The predicted molar refractivity (Wildman–Crippen MR) is 41.0 cm³/mol.